The molecule has 3 N–H and O–H groups in total. The Kier molecular flexibility index (Phi) is 6.52. The van der Waals surface area contributed by atoms with Crippen molar-refractivity contribution >= 4 is 29.2 Å². The molecule has 8 heteroatoms. The van der Waals surface area contributed by atoms with E-state index >= 15 is 0 Å². The predicted octanol–water partition coefficient (Wildman–Crippen LogP) is 4.26. The van der Waals surface area contributed by atoms with Crippen LogP contribution in [0.3, 0.4) is 0 Å². The number of hydrogen-bond donors (Lipinski definition) is 3. The molecule has 0 radical (unpaired) electrons. The Morgan fingerprint density at radius 3 is 2.48 bits per heavy atom. The van der Waals surface area contributed by atoms with Crippen molar-refractivity contribution < 1.29 is 9.59 Å². The average Bonchev–Trinajstić information content (AvgIpc) is 3.19. The van der Waals surface area contributed by atoms with Crippen LogP contribution in [0.1, 0.15) is 30.4 Å². The predicted molar refractivity (Wildman–Crippen MR) is 120 cm³/mol. The zero-order chi connectivity index (χ0) is 21.6. The molecule has 0 bridgehead atoms. The Bertz CT molecular complexity index is 1060. The summed E-state index contributed by atoms with van der Waals surface area (Å²) in [4.78, 5) is 24.3. The number of halogens is 1. The van der Waals surface area contributed by atoms with Crippen molar-refractivity contribution in [2.45, 2.75) is 32.4 Å². The normalized spacial score (nSPS) is 13.3. The number of benzene rings is 2. The number of hydrogen-bond acceptors (Lipinski definition) is 3. The molecule has 1 aromatic heterocycles. The number of aromatic nitrogens is 2. The van der Waals surface area contributed by atoms with Crippen LogP contribution in [-0.2, 0) is 17.9 Å². The minimum Gasteiger partial charge on any atom is -0.334 e. The van der Waals surface area contributed by atoms with E-state index in [1.807, 2.05) is 42.6 Å². The van der Waals surface area contributed by atoms with E-state index in [1.165, 1.54) is 0 Å². The van der Waals surface area contributed by atoms with Gasteiger partial charge < -0.3 is 16.0 Å². The summed E-state index contributed by atoms with van der Waals surface area (Å²) in [6.07, 6.45) is 6.62. The maximum atomic E-state index is 12.2. The molecule has 160 valence electrons. The van der Waals surface area contributed by atoms with Gasteiger partial charge >= 0.3 is 6.03 Å². The fourth-order valence-electron chi connectivity index (χ4n) is 3.29. The Balaban J connectivity index is 1.24. The van der Waals surface area contributed by atoms with Gasteiger partial charge in [-0.2, -0.15) is 5.10 Å². The van der Waals surface area contributed by atoms with E-state index < -0.39 is 0 Å². The third-order valence-electron chi connectivity index (χ3n) is 5.30. The molecule has 1 aliphatic carbocycles. The van der Waals surface area contributed by atoms with Crippen LogP contribution in [0.15, 0.2) is 60.9 Å². The molecule has 7 nitrogen and oxygen atoms in total. The smallest absolute Gasteiger partial charge is 0.315 e. The van der Waals surface area contributed by atoms with Gasteiger partial charge in [-0.3, -0.25) is 4.79 Å². The number of carbonyl (C=O) groups excluding carboxylic acids is 2. The fourth-order valence-corrected chi connectivity index (χ4v) is 3.41. The molecule has 0 aliphatic heterocycles. The molecule has 3 aromatic rings. The van der Waals surface area contributed by atoms with E-state index in [0.29, 0.717) is 18.1 Å². The van der Waals surface area contributed by atoms with Crippen molar-refractivity contribution in [1.82, 2.24) is 20.4 Å². The summed E-state index contributed by atoms with van der Waals surface area (Å²) in [5.74, 6) is 0.213. The maximum absolute atomic E-state index is 12.2. The van der Waals surface area contributed by atoms with Crippen LogP contribution in [0.5, 0.6) is 0 Å². The van der Waals surface area contributed by atoms with Gasteiger partial charge in [-0.25, -0.2) is 9.48 Å². The molecule has 2 aromatic carbocycles. The first-order valence-corrected chi connectivity index (χ1v) is 10.7. The molecule has 3 amide bonds. The number of urea groups is 1. The second-order valence-electron chi connectivity index (χ2n) is 7.62. The lowest BCUT2D eigenvalue weighted by Crippen LogP contribution is -2.34. The van der Waals surface area contributed by atoms with Crippen LogP contribution in [0.25, 0.3) is 5.69 Å². The highest BCUT2D eigenvalue weighted by Gasteiger charge is 2.25. The highest BCUT2D eigenvalue weighted by Crippen LogP contribution is 2.27. The van der Waals surface area contributed by atoms with Crippen molar-refractivity contribution in [3.63, 3.8) is 0 Å². The molecular weight excluding hydrogens is 414 g/mol. The summed E-state index contributed by atoms with van der Waals surface area (Å²) in [5.41, 5.74) is 3.44. The monoisotopic (exact) mass is 437 g/mol. The van der Waals surface area contributed by atoms with Gasteiger partial charge in [-0.05, 0) is 54.8 Å². The van der Waals surface area contributed by atoms with Crippen LogP contribution in [0.4, 0.5) is 10.5 Å². The Labute approximate surface area is 185 Å². The SMILES string of the molecule is O=C(NCc1cccc(NC(=O)C2CCC2)c1)NCc1cnn(-c2ccc(Cl)cc2)c1. The van der Waals surface area contributed by atoms with Gasteiger partial charge in [0.15, 0.2) is 0 Å². The van der Waals surface area contributed by atoms with Crippen LogP contribution in [0.2, 0.25) is 5.02 Å². The Morgan fingerprint density at radius 2 is 1.77 bits per heavy atom. The summed E-state index contributed by atoms with van der Waals surface area (Å²) in [6, 6.07) is 14.6. The summed E-state index contributed by atoms with van der Waals surface area (Å²) in [5, 5.41) is 13.6. The van der Waals surface area contributed by atoms with Gasteiger partial charge in [0.2, 0.25) is 5.91 Å². The first-order valence-electron chi connectivity index (χ1n) is 10.3. The summed E-state index contributed by atoms with van der Waals surface area (Å²) in [7, 11) is 0. The van der Waals surface area contributed by atoms with E-state index in [2.05, 4.69) is 21.0 Å². The molecule has 1 aliphatic rings. The van der Waals surface area contributed by atoms with E-state index in [-0.39, 0.29) is 17.9 Å². The average molecular weight is 438 g/mol. The second kappa shape index (κ2) is 9.66. The highest BCUT2D eigenvalue weighted by atomic mass is 35.5. The van der Waals surface area contributed by atoms with Crippen LogP contribution < -0.4 is 16.0 Å². The van der Waals surface area contributed by atoms with Crippen molar-refractivity contribution in [3.8, 4) is 5.69 Å². The van der Waals surface area contributed by atoms with Crippen LogP contribution in [-0.4, -0.2) is 21.7 Å². The van der Waals surface area contributed by atoms with E-state index in [1.54, 1.807) is 23.0 Å². The molecule has 0 spiro atoms. The second-order valence-corrected chi connectivity index (χ2v) is 8.06. The molecule has 1 fully saturated rings. The Hall–Kier alpha value is -3.32. The number of rotatable bonds is 7. The van der Waals surface area contributed by atoms with Crippen molar-refractivity contribution in [2.24, 2.45) is 5.92 Å². The summed E-state index contributed by atoms with van der Waals surface area (Å²) < 4.78 is 1.73. The molecule has 0 unspecified atom stereocenters. The van der Waals surface area contributed by atoms with E-state index in [4.69, 9.17) is 11.6 Å². The zero-order valence-electron chi connectivity index (χ0n) is 17.0. The fraction of sp³-hybridized carbons (Fsp3) is 0.261. The molecule has 0 atom stereocenters. The van der Waals surface area contributed by atoms with Crippen molar-refractivity contribution in [3.05, 3.63) is 77.1 Å². The number of anilines is 1. The van der Waals surface area contributed by atoms with Gasteiger partial charge in [-0.15, -0.1) is 0 Å². The van der Waals surface area contributed by atoms with Gasteiger partial charge in [0.25, 0.3) is 0 Å². The standard InChI is InChI=1S/C23H24ClN5O2/c24-19-7-9-21(10-8-19)29-15-17(14-27-29)13-26-23(31)25-12-16-3-1-6-20(11-16)28-22(30)18-4-2-5-18/h1,3,6-11,14-15,18H,2,4-5,12-13H2,(H,28,30)(H2,25,26,31). The number of nitrogens with zero attached hydrogens (tertiary/aromatic N) is 2. The molecule has 4 rings (SSSR count). The maximum Gasteiger partial charge on any atom is 0.315 e. The molecular formula is C23H24ClN5O2. The van der Waals surface area contributed by atoms with Gasteiger partial charge in [0.1, 0.15) is 0 Å². The summed E-state index contributed by atoms with van der Waals surface area (Å²) in [6.45, 7) is 0.722. The number of nitrogens with one attached hydrogen (secondary N) is 3. The van der Waals surface area contributed by atoms with E-state index in [9.17, 15) is 9.59 Å². The zero-order valence-corrected chi connectivity index (χ0v) is 17.7. The van der Waals surface area contributed by atoms with E-state index in [0.717, 1.165) is 41.8 Å². The lowest BCUT2D eigenvalue weighted by Gasteiger charge is -2.24. The summed E-state index contributed by atoms with van der Waals surface area (Å²) >= 11 is 5.91. The third-order valence-corrected chi connectivity index (χ3v) is 5.56. The molecule has 31 heavy (non-hydrogen) atoms. The van der Waals surface area contributed by atoms with Crippen LogP contribution >= 0.6 is 11.6 Å². The quantitative estimate of drug-likeness (QED) is 0.516. The van der Waals surface area contributed by atoms with Gasteiger partial charge in [0, 0.05) is 41.5 Å². The first-order chi connectivity index (χ1) is 15.1. The Morgan fingerprint density at radius 1 is 1.03 bits per heavy atom. The largest absolute Gasteiger partial charge is 0.334 e. The number of carbonyl (C=O) groups is 2. The van der Waals surface area contributed by atoms with Crippen molar-refractivity contribution in [1.29, 1.82) is 0 Å². The minimum absolute atomic E-state index is 0.0771. The molecule has 0 saturated heterocycles. The molecule has 1 heterocycles. The minimum atomic E-state index is -0.275. The number of amides is 3. The topological polar surface area (TPSA) is 88.1 Å². The highest BCUT2D eigenvalue weighted by molar-refractivity contribution is 6.30. The van der Waals surface area contributed by atoms with Crippen LogP contribution in [0, 0.1) is 5.92 Å². The third kappa shape index (κ3) is 5.64. The molecule has 1 saturated carbocycles. The lowest BCUT2D eigenvalue weighted by molar-refractivity contribution is -0.122. The van der Waals surface area contributed by atoms with Gasteiger partial charge in [-0.1, -0.05) is 30.2 Å². The van der Waals surface area contributed by atoms with Crippen molar-refractivity contribution in [2.75, 3.05) is 5.32 Å². The lowest BCUT2D eigenvalue weighted by atomic mass is 9.85. The first kappa shape index (κ1) is 20.9. The van der Waals surface area contributed by atoms with Gasteiger partial charge in [0.05, 0.1) is 11.9 Å².